The minimum atomic E-state index is 0.0962. The lowest BCUT2D eigenvalue weighted by Gasteiger charge is -2.35. The second-order valence-corrected chi connectivity index (χ2v) is 5.41. The van der Waals surface area contributed by atoms with E-state index >= 15 is 0 Å². The van der Waals surface area contributed by atoms with Gasteiger partial charge in [-0.2, -0.15) is 4.37 Å². The summed E-state index contributed by atoms with van der Waals surface area (Å²) in [7, 11) is 0. The highest BCUT2D eigenvalue weighted by atomic mass is 35.5. The van der Waals surface area contributed by atoms with Gasteiger partial charge < -0.3 is 9.64 Å². The van der Waals surface area contributed by atoms with E-state index in [1.165, 1.54) is 11.5 Å². The van der Waals surface area contributed by atoms with Crippen LogP contribution in [0.2, 0.25) is 0 Å². The maximum absolute atomic E-state index is 5.87. The van der Waals surface area contributed by atoms with E-state index in [1.54, 1.807) is 0 Å². The molecule has 0 bridgehead atoms. The first-order chi connectivity index (χ1) is 8.22. The van der Waals surface area contributed by atoms with E-state index in [4.69, 9.17) is 16.3 Å². The van der Waals surface area contributed by atoms with Gasteiger partial charge in [0.15, 0.2) is 0 Å². The topological polar surface area (TPSA) is 38.2 Å². The molecule has 2 heterocycles. The number of morpholine rings is 1. The summed E-state index contributed by atoms with van der Waals surface area (Å²) in [5, 5.41) is 0.999. The molecule has 0 radical (unpaired) electrons. The van der Waals surface area contributed by atoms with E-state index in [9.17, 15) is 0 Å². The molecule has 0 aromatic carbocycles. The van der Waals surface area contributed by atoms with Crippen LogP contribution in [0.5, 0.6) is 0 Å². The smallest absolute Gasteiger partial charge is 0.205 e. The summed E-state index contributed by atoms with van der Waals surface area (Å²) in [6, 6.07) is 0. The molecular weight excluding hydrogens is 258 g/mol. The summed E-state index contributed by atoms with van der Waals surface area (Å²) in [5.74, 6) is 1.48. The summed E-state index contributed by atoms with van der Waals surface area (Å²) in [4.78, 5) is 6.80. The van der Waals surface area contributed by atoms with E-state index in [0.717, 1.165) is 36.9 Å². The second kappa shape index (κ2) is 5.98. The predicted octanol–water partition coefficient (Wildman–Crippen LogP) is 2.32. The van der Waals surface area contributed by atoms with Gasteiger partial charge in [0.25, 0.3) is 0 Å². The van der Waals surface area contributed by atoms with E-state index < -0.39 is 0 Å². The summed E-state index contributed by atoms with van der Waals surface area (Å²) in [6.45, 7) is 5.89. The predicted molar refractivity (Wildman–Crippen MR) is 71.2 cm³/mol. The Hall–Kier alpha value is -0.390. The van der Waals surface area contributed by atoms with Crippen molar-refractivity contribution in [3.8, 4) is 0 Å². The maximum atomic E-state index is 5.87. The Balaban J connectivity index is 2.04. The van der Waals surface area contributed by atoms with Gasteiger partial charge in [-0.1, -0.05) is 6.92 Å². The van der Waals surface area contributed by atoms with Crippen LogP contribution in [0.1, 0.15) is 26.1 Å². The SMILES string of the molecule is CCCc1nsc(N2CC(C)OC(CCl)C2)n1. The zero-order valence-corrected chi connectivity index (χ0v) is 11.8. The van der Waals surface area contributed by atoms with Gasteiger partial charge in [-0.25, -0.2) is 4.98 Å². The van der Waals surface area contributed by atoms with Gasteiger partial charge in [-0.15, -0.1) is 11.6 Å². The Morgan fingerprint density at radius 3 is 3.06 bits per heavy atom. The number of nitrogens with zero attached hydrogens (tertiary/aromatic N) is 3. The van der Waals surface area contributed by atoms with Crippen molar-refractivity contribution in [2.75, 3.05) is 23.9 Å². The fourth-order valence-electron chi connectivity index (χ4n) is 1.98. The normalized spacial score (nSPS) is 25.2. The number of aryl methyl sites for hydroxylation is 1. The Labute approximate surface area is 111 Å². The van der Waals surface area contributed by atoms with Crippen LogP contribution in [0.3, 0.4) is 0 Å². The molecule has 96 valence electrons. The van der Waals surface area contributed by atoms with Crippen molar-refractivity contribution in [1.29, 1.82) is 0 Å². The molecule has 17 heavy (non-hydrogen) atoms. The van der Waals surface area contributed by atoms with Crippen LogP contribution >= 0.6 is 23.1 Å². The van der Waals surface area contributed by atoms with Crippen molar-refractivity contribution >= 4 is 28.3 Å². The Morgan fingerprint density at radius 2 is 2.35 bits per heavy atom. The van der Waals surface area contributed by atoms with Gasteiger partial charge in [0.05, 0.1) is 18.1 Å². The van der Waals surface area contributed by atoms with Crippen molar-refractivity contribution in [3.63, 3.8) is 0 Å². The molecule has 1 aromatic heterocycles. The Kier molecular flexibility index (Phi) is 4.59. The minimum absolute atomic E-state index is 0.0962. The lowest BCUT2D eigenvalue weighted by atomic mass is 10.2. The lowest BCUT2D eigenvalue weighted by molar-refractivity contribution is -0.00334. The van der Waals surface area contributed by atoms with Crippen LogP contribution in [0.25, 0.3) is 0 Å². The van der Waals surface area contributed by atoms with Gasteiger partial charge in [0.1, 0.15) is 5.82 Å². The van der Waals surface area contributed by atoms with E-state index in [2.05, 4.69) is 28.1 Å². The van der Waals surface area contributed by atoms with Crippen LogP contribution in [-0.2, 0) is 11.2 Å². The Bertz CT molecular complexity index is 360. The fourth-order valence-corrected chi connectivity index (χ4v) is 2.89. The number of rotatable bonds is 4. The molecule has 1 aromatic rings. The molecule has 6 heteroatoms. The molecule has 1 aliphatic rings. The molecule has 1 fully saturated rings. The van der Waals surface area contributed by atoms with Crippen molar-refractivity contribution < 1.29 is 4.74 Å². The van der Waals surface area contributed by atoms with Crippen LogP contribution in [-0.4, -0.2) is 40.5 Å². The number of alkyl halides is 1. The van der Waals surface area contributed by atoms with Crippen molar-refractivity contribution in [2.24, 2.45) is 0 Å². The first-order valence-corrected chi connectivity index (χ1v) is 7.32. The number of hydrogen-bond acceptors (Lipinski definition) is 5. The molecule has 0 aliphatic carbocycles. The summed E-state index contributed by atoms with van der Waals surface area (Å²) in [5.41, 5.74) is 0. The molecule has 0 saturated carbocycles. The standard InChI is InChI=1S/C11H18ClN3OS/c1-3-4-10-13-11(17-14-10)15-6-8(2)16-9(5-12)7-15/h8-9H,3-7H2,1-2H3. The van der Waals surface area contributed by atoms with E-state index in [1.807, 2.05) is 0 Å². The largest absolute Gasteiger partial charge is 0.370 e. The third-order valence-electron chi connectivity index (χ3n) is 2.70. The first-order valence-electron chi connectivity index (χ1n) is 6.02. The van der Waals surface area contributed by atoms with Crippen molar-refractivity contribution in [3.05, 3.63) is 5.82 Å². The van der Waals surface area contributed by atoms with Crippen molar-refractivity contribution in [2.45, 2.75) is 38.9 Å². The number of aromatic nitrogens is 2. The van der Waals surface area contributed by atoms with Gasteiger partial charge >= 0.3 is 0 Å². The monoisotopic (exact) mass is 275 g/mol. The molecule has 2 rings (SSSR count). The zero-order valence-electron chi connectivity index (χ0n) is 10.2. The van der Waals surface area contributed by atoms with Gasteiger partial charge in [-0.05, 0) is 13.3 Å². The molecule has 0 N–H and O–H groups in total. The minimum Gasteiger partial charge on any atom is -0.370 e. The van der Waals surface area contributed by atoms with Gasteiger partial charge in [0.2, 0.25) is 5.13 Å². The van der Waals surface area contributed by atoms with Crippen LogP contribution in [0.15, 0.2) is 0 Å². The molecule has 0 spiro atoms. The highest BCUT2D eigenvalue weighted by Crippen LogP contribution is 2.23. The highest BCUT2D eigenvalue weighted by molar-refractivity contribution is 7.09. The summed E-state index contributed by atoms with van der Waals surface area (Å²) >= 11 is 7.35. The molecule has 1 aliphatic heterocycles. The molecule has 4 nitrogen and oxygen atoms in total. The summed E-state index contributed by atoms with van der Waals surface area (Å²) < 4.78 is 10.1. The van der Waals surface area contributed by atoms with Crippen LogP contribution in [0, 0.1) is 0 Å². The fraction of sp³-hybridized carbons (Fsp3) is 0.818. The molecule has 0 amide bonds. The number of halogens is 1. The third kappa shape index (κ3) is 3.30. The Morgan fingerprint density at radius 1 is 1.53 bits per heavy atom. The third-order valence-corrected chi connectivity index (χ3v) is 3.86. The van der Waals surface area contributed by atoms with Crippen LogP contribution in [0.4, 0.5) is 5.13 Å². The average molecular weight is 276 g/mol. The highest BCUT2D eigenvalue weighted by Gasteiger charge is 2.26. The first kappa shape index (κ1) is 13.1. The van der Waals surface area contributed by atoms with Crippen LogP contribution < -0.4 is 4.90 Å². The molecule has 2 unspecified atom stereocenters. The average Bonchev–Trinajstić information content (AvgIpc) is 2.77. The van der Waals surface area contributed by atoms with E-state index in [0.29, 0.717) is 5.88 Å². The molecule has 2 atom stereocenters. The zero-order chi connectivity index (χ0) is 12.3. The second-order valence-electron chi connectivity index (χ2n) is 4.37. The van der Waals surface area contributed by atoms with E-state index in [-0.39, 0.29) is 12.2 Å². The van der Waals surface area contributed by atoms with Gasteiger partial charge in [0, 0.05) is 31.0 Å². The van der Waals surface area contributed by atoms with Gasteiger partial charge in [-0.3, -0.25) is 0 Å². The molecular formula is C11H18ClN3OS. The van der Waals surface area contributed by atoms with Crippen molar-refractivity contribution in [1.82, 2.24) is 9.36 Å². The number of anilines is 1. The quantitative estimate of drug-likeness (QED) is 0.791. The number of hydrogen-bond donors (Lipinski definition) is 0. The lowest BCUT2D eigenvalue weighted by Crippen LogP contribution is -2.47. The molecule has 1 saturated heterocycles. The maximum Gasteiger partial charge on any atom is 0.205 e. The number of ether oxygens (including phenoxy) is 1. The summed E-state index contributed by atoms with van der Waals surface area (Å²) in [6.07, 6.45) is 2.33.